The second kappa shape index (κ2) is 14.7. The molecule has 9 nitrogen and oxygen atoms in total. The molecule has 9 heteroatoms. The van der Waals surface area contributed by atoms with Crippen LogP contribution in [-0.4, -0.2) is 49.9 Å². The van der Waals surface area contributed by atoms with E-state index in [1.165, 1.54) is 5.56 Å². The van der Waals surface area contributed by atoms with Gasteiger partial charge in [0.05, 0.1) is 5.56 Å². The molecule has 0 spiro atoms. The molecule has 0 aliphatic carbocycles. The van der Waals surface area contributed by atoms with Gasteiger partial charge in [-0.15, -0.1) is 0 Å². The van der Waals surface area contributed by atoms with Crippen LogP contribution in [0.2, 0.25) is 0 Å². The van der Waals surface area contributed by atoms with E-state index in [-0.39, 0.29) is 29.6 Å². The summed E-state index contributed by atoms with van der Waals surface area (Å²) in [4.78, 5) is 48.4. The third kappa shape index (κ3) is 6.85. The molecule has 2 aliphatic rings. The second-order valence-corrected chi connectivity index (χ2v) is 14.5. The van der Waals surface area contributed by atoms with Crippen LogP contribution in [-0.2, 0) is 33.0 Å². The zero-order valence-electron chi connectivity index (χ0n) is 31.2. The Balaban J connectivity index is 1.20. The fraction of sp³-hybridized carbons (Fsp3) is 0.196. The van der Waals surface area contributed by atoms with Gasteiger partial charge < -0.3 is 24.8 Å². The summed E-state index contributed by atoms with van der Waals surface area (Å²) in [6, 6.07) is 39.4. The highest BCUT2D eigenvalue weighted by Gasteiger charge is 2.33. The highest BCUT2D eigenvalue weighted by atomic mass is 16.3. The van der Waals surface area contributed by atoms with Gasteiger partial charge in [0.25, 0.3) is 11.8 Å². The van der Waals surface area contributed by atoms with Gasteiger partial charge in [0.2, 0.25) is 0 Å². The Morgan fingerprint density at radius 1 is 0.727 bits per heavy atom. The molecule has 0 radical (unpaired) electrons. The van der Waals surface area contributed by atoms with Gasteiger partial charge in [-0.2, -0.15) is 0 Å². The number of rotatable bonds is 6. The number of urea groups is 1. The van der Waals surface area contributed by atoms with Crippen LogP contribution in [0.25, 0.3) is 11.3 Å². The number of phenolic OH excluding ortho intramolecular Hbond substituents is 1. The Bertz CT molecular complexity index is 2410. The number of aromatic nitrogens is 1. The highest BCUT2D eigenvalue weighted by Crippen LogP contribution is 2.37. The molecule has 0 saturated carbocycles. The van der Waals surface area contributed by atoms with E-state index < -0.39 is 0 Å². The van der Waals surface area contributed by atoms with Crippen molar-refractivity contribution in [1.82, 2.24) is 14.4 Å². The Morgan fingerprint density at radius 3 is 2.11 bits per heavy atom. The van der Waals surface area contributed by atoms with Gasteiger partial charge in [-0.25, -0.2) is 4.79 Å². The molecular weight excluding hydrogens is 687 g/mol. The Hall–Kier alpha value is -6.61. The molecule has 2 aliphatic heterocycles. The Labute approximate surface area is 321 Å². The van der Waals surface area contributed by atoms with Crippen molar-refractivity contribution >= 4 is 34.9 Å². The van der Waals surface area contributed by atoms with Crippen LogP contribution in [0.4, 0.5) is 21.9 Å². The molecule has 8 rings (SSSR count). The molecule has 2 N–H and O–H groups in total. The number of nitrogens with one attached hydrogen (secondary N) is 1. The first kappa shape index (κ1) is 35.4. The van der Waals surface area contributed by atoms with Crippen molar-refractivity contribution in [1.29, 1.82) is 0 Å². The van der Waals surface area contributed by atoms with Crippen LogP contribution in [0.15, 0.2) is 127 Å². The SMILES string of the molecule is Cc1c(C(=O)N(c2ccccc2)c2ccc(O)cc2)cc(-c2cc3c(cc2C(=O)N2Cc4ccccc4C[C@H]2C)CN(C(=O)Nc2ccccc2)CC3)n1C. The van der Waals surface area contributed by atoms with Crippen molar-refractivity contribution in [3.8, 4) is 17.0 Å². The van der Waals surface area contributed by atoms with E-state index in [2.05, 4.69) is 30.4 Å². The number of aromatic hydroxyl groups is 1. The topological polar surface area (TPSA) is 98.1 Å². The van der Waals surface area contributed by atoms with E-state index in [1.807, 2.05) is 108 Å². The van der Waals surface area contributed by atoms with E-state index in [0.717, 1.165) is 45.7 Å². The molecule has 0 saturated heterocycles. The van der Waals surface area contributed by atoms with Gasteiger partial charge in [-0.3, -0.25) is 14.5 Å². The molecule has 5 aromatic carbocycles. The highest BCUT2D eigenvalue weighted by molar-refractivity contribution is 6.12. The van der Waals surface area contributed by atoms with Crippen LogP contribution in [0, 0.1) is 6.92 Å². The van der Waals surface area contributed by atoms with Crippen molar-refractivity contribution in [2.24, 2.45) is 7.05 Å². The predicted octanol–water partition coefficient (Wildman–Crippen LogP) is 8.86. The van der Waals surface area contributed by atoms with Crippen molar-refractivity contribution < 1.29 is 19.5 Å². The van der Waals surface area contributed by atoms with E-state index in [1.54, 1.807) is 34.1 Å². The number of hydrogen-bond donors (Lipinski definition) is 2. The average molecular weight is 730 g/mol. The van der Waals surface area contributed by atoms with Crippen molar-refractivity contribution in [3.05, 3.63) is 166 Å². The summed E-state index contributed by atoms with van der Waals surface area (Å²) in [5, 5.41) is 13.0. The van der Waals surface area contributed by atoms with Crippen molar-refractivity contribution in [3.63, 3.8) is 0 Å². The van der Waals surface area contributed by atoms with Crippen LogP contribution >= 0.6 is 0 Å². The van der Waals surface area contributed by atoms with Crippen LogP contribution < -0.4 is 10.2 Å². The lowest BCUT2D eigenvalue weighted by atomic mass is 9.90. The standard InChI is InChI=1S/C46H43N5O4/c1-30-24-32-12-10-11-13-34(32)29-50(30)44(53)42-26-35-28-49(46(55)47-36-14-6-4-7-15-36)23-22-33(35)25-41(42)43-27-40(31(2)48(43)3)45(54)51(37-16-8-5-9-17-37)38-18-20-39(52)21-19-38/h4-21,25-27,30,52H,22-24,28-29H2,1-3H3,(H,47,55)/t30-/m1/s1. The number of nitrogens with zero attached hydrogens (tertiary/aromatic N) is 4. The maximum atomic E-state index is 14.9. The molecule has 6 aromatic rings. The number of carbonyl (C=O) groups excluding carboxylic acids is 3. The fourth-order valence-corrected chi connectivity index (χ4v) is 7.86. The van der Waals surface area contributed by atoms with Crippen molar-refractivity contribution in [2.45, 2.75) is 45.8 Å². The number of amides is 4. The number of fused-ring (bicyclic) bond motifs is 2. The molecule has 3 heterocycles. The minimum atomic E-state index is -0.233. The molecule has 55 heavy (non-hydrogen) atoms. The number of phenols is 1. The van der Waals surface area contributed by atoms with Crippen LogP contribution in [0.1, 0.15) is 55.6 Å². The summed E-state index contributed by atoms with van der Waals surface area (Å²) in [6.07, 6.45) is 1.37. The van der Waals surface area contributed by atoms with Gasteiger partial charge >= 0.3 is 6.03 Å². The molecular formula is C46H43N5O4. The summed E-state index contributed by atoms with van der Waals surface area (Å²) in [5.41, 5.74) is 9.68. The van der Waals surface area contributed by atoms with E-state index in [9.17, 15) is 19.5 Å². The quantitative estimate of drug-likeness (QED) is 0.179. The number of benzene rings is 5. The summed E-state index contributed by atoms with van der Waals surface area (Å²) in [5.74, 6) is -0.214. The maximum absolute atomic E-state index is 14.9. The van der Waals surface area contributed by atoms with Gasteiger partial charge in [-0.1, -0.05) is 60.7 Å². The van der Waals surface area contributed by atoms with Crippen LogP contribution in [0.3, 0.4) is 0 Å². The van der Waals surface area contributed by atoms with Crippen LogP contribution in [0.5, 0.6) is 5.75 Å². The summed E-state index contributed by atoms with van der Waals surface area (Å²) in [7, 11) is 1.93. The van der Waals surface area contributed by atoms with E-state index in [0.29, 0.717) is 48.6 Å². The van der Waals surface area contributed by atoms with Gasteiger partial charge in [0.1, 0.15) is 5.75 Å². The first-order valence-corrected chi connectivity index (χ1v) is 18.7. The molecule has 1 atom stereocenters. The minimum Gasteiger partial charge on any atom is -0.508 e. The molecule has 0 fully saturated rings. The first-order chi connectivity index (χ1) is 26.7. The van der Waals surface area contributed by atoms with Gasteiger partial charge in [0, 0.05) is 72.3 Å². The Morgan fingerprint density at radius 2 is 1.38 bits per heavy atom. The maximum Gasteiger partial charge on any atom is 0.322 e. The smallest absolute Gasteiger partial charge is 0.322 e. The third-order valence-electron chi connectivity index (χ3n) is 11.0. The Kier molecular flexibility index (Phi) is 9.45. The first-order valence-electron chi connectivity index (χ1n) is 18.7. The second-order valence-electron chi connectivity index (χ2n) is 14.5. The lowest BCUT2D eigenvalue weighted by Crippen LogP contribution is -2.43. The fourth-order valence-electron chi connectivity index (χ4n) is 7.86. The van der Waals surface area contributed by atoms with Gasteiger partial charge in [-0.05, 0) is 116 Å². The largest absolute Gasteiger partial charge is 0.508 e. The van der Waals surface area contributed by atoms with Crippen molar-refractivity contribution in [2.75, 3.05) is 16.8 Å². The molecule has 1 aromatic heterocycles. The molecule has 4 amide bonds. The minimum absolute atomic E-state index is 0.0311. The number of anilines is 3. The lowest BCUT2D eigenvalue weighted by molar-refractivity contribution is 0.0658. The molecule has 0 bridgehead atoms. The average Bonchev–Trinajstić information content (AvgIpc) is 3.51. The zero-order chi connectivity index (χ0) is 38.2. The van der Waals surface area contributed by atoms with E-state index in [4.69, 9.17) is 0 Å². The lowest BCUT2D eigenvalue weighted by Gasteiger charge is -2.36. The zero-order valence-corrected chi connectivity index (χ0v) is 31.2. The number of carbonyl (C=O) groups is 3. The summed E-state index contributed by atoms with van der Waals surface area (Å²) < 4.78 is 1.99. The predicted molar refractivity (Wildman–Crippen MR) is 216 cm³/mol. The summed E-state index contributed by atoms with van der Waals surface area (Å²) in [6.45, 7) is 5.39. The number of para-hydroxylation sites is 2. The molecule has 0 unspecified atom stereocenters. The monoisotopic (exact) mass is 729 g/mol. The number of hydrogen-bond acceptors (Lipinski definition) is 4. The normalized spacial score (nSPS) is 14.9. The van der Waals surface area contributed by atoms with E-state index >= 15 is 0 Å². The summed E-state index contributed by atoms with van der Waals surface area (Å²) >= 11 is 0. The van der Waals surface area contributed by atoms with Gasteiger partial charge in [0.15, 0.2) is 0 Å². The third-order valence-corrected chi connectivity index (χ3v) is 11.0. The molecule has 276 valence electrons.